The van der Waals surface area contributed by atoms with E-state index in [1.807, 2.05) is 30.0 Å². The highest BCUT2D eigenvalue weighted by Crippen LogP contribution is 2.39. The van der Waals surface area contributed by atoms with Crippen LogP contribution in [0.4, 0.5) is 0 Å². The largest absolute Gasteiger partial charge is 0.347 e. The van der Waals surface area contributed by atoms with Crippen molar-refractivity contribution >= 4 is 29.3 Å². The minimum atomic E-state index is -0.218. The Balaban J connectivity index is 1.70. The molecule has 1 heterocycles. The fourth-order valence-corrected chi connectivity index (χ4v) is 4.68. The molecule has 1 aromatic rings. The second-order valence-corrected chi connectivity index (χ2v) is 7.86. The molecule has 0 bridgehead atoms. The summed E-state index contributed by atoms with van der Waals surface area (Å²) in [7, 11) is 0. The third kappa shape index (κ3) is 3.79. The minimum absolute atomic E-state index is 0.155. The Morgan fingerprint density at radius 2 is 2.23 bits per heavy atom. The number of carbonyl (C=O) groups is 1. The van der Waals surface area contributed by atoms with E-state index < -0.39 is 0 Å². The van der Waals surface area contributed by atoms with Crippen LogP contribution < -0.4 is 10.6 Å². The second-order valence-electron chi connectivity index (χ2n) is 6.28. The summed E-state index contributed by atoms with van der Waals surface area (Å²) >= 11 is 8.08. The molecule has 2 fully saturated rings. The van der Waals surface area contributed by atoms with Crippen LogP contribution in [0.15, 0.2) is 24.3 Å². The Morgan fingerprint density at radius 3 is 2.91 bits per heavy atom. The molecule has 2 aliphatic rings. The third-order valence-corrected chi connectivity index (χ3v) is 6.01. The SMILES string of the molecule is O=C(CC1CSCCN1)NC1(c2cccc(Cl)c2)CCCC1. The van der Waals surface area contributed by atoms with Crippen molar-refractivity contribution in [1.29, 1.82) is 0 Å². The molecule has 1 unspecified atom stereocenters. The molecule has 1 aliphatic carbocycles. The molecule has 0 radical (unpaired) electrons. The molecule has 1 aliphatic heterocycles. The van der Waals surface area contributed by atoms with Gasteiger partial charge in [0.05, 0.1) is 5.54 Å². The third-order valence-electron chi connectivity index (χ3n) is 4.64. The predicted molar refractivity (Wildman–Crippen MR) is 93.5 cm³/mol. The van der Waals surface area contributed by atoms with Gasteiger partial charge in [0.25, 0.3) is 0 Å². The van der Waals surface area contributed by atoms with Crippen molar-refractivity contribution in [2.24, 2.45) is 0 Å². The van der Waals surface area contributed by atoms with Gasteiger partial charge in [-0.1, -0.05) is 36.6 Å². The molecule has 3 nitrogen and oxygen atoms in total. The summed E-state index contributed by atoms with van der Waals surface area (Å²) in [6.07, 6.45) is 4.89. The highest BCUT2D eigenvalue weighted by molar-refractivity contribution is 7.99. The average Bonchev–Trinajstić information content (AvgIpc) is 2.98. The summed E-state index contributed by atoms with van der Waals surface area (Å²) in [5, 5.41) is 7.51. The second kappa shape index (κ2) is 7.24. The van der Waals surface area contributed by atoms with E-state index in [2.05, 4.69) is 16.7 Å². The van der Waals surface area contributed by atoms with Crippen molar-refractivity contribution in [3.8, 4) is 0 Å². The van der Waals surface area contributed by atoms with Gasteiger partial charge in [-0.05, 0) is 30.5 Å². The van der Waals surface area contributed by atoms with Crippen LogP contribution in [0.2, 0.25) is 5.02 Å². The maximum Gasteiger partial charge on any atom is 0.222 e. The number of hydrogen-bond acceptors (Lipinski definition) is 3. The number of amides is 1. The number of nitrogens with one attached hydrogen (secondary N) is 2. The molecule has 3 rings (SSSR count). The van der Waals surface area contributed by atoms with E-state index in [9.17, 15) is 4.79 Å². The van der Waals surface area contributed by atoms with Crippen LogP contribution in [0.3, 0.4) is 0 Å². The minimum Gasteiger partial charge on any atom is -0.347 e. The van der Waals surface area contributed by atoms with E-state index in [0.29, 0.717) is 12.5 Å². The van der Waals surface area contributed by atoms with Gasteiger partial charge in [-0.3, -0.25) is 4.79 Å². The molecule has 120 valence electrons. The summed E-state index contributed by atoms with van der Waals surface area (Å²) in [6.45, 7) is 1.00. The van der Waals surface area contributed by atoms with E-state index in [1.165, 1.54) is 0 Å². The lowest BCUT2D eigenvalue weighted by Gasteiger charge is -2.32. The lowest BCUT2D eigenvalue weighted by molar-refractivity contribution is -0.123. The van der Waals surface area contributed by atoms with Crippen LogP contribution >= 0.6 is 23.4 Å². The molecule has 1 aromatic carbocycles. The topological polar surface area (TPSA) is 41.1 Å². The molecule has 1 saturated carbocycles. The maximum atomic E-state index is 12.5. The van der Waals surface area contributed by atoms with Crippen molar-refractivity contribution < 1.29 is 4.79 Å². The van der Waals surface area contributed by atoms with Gasteiger partial charge in [0.15, 0.2) is 0 Å². The summed E-state index contributed by atoms with van der Waals surface area (Å²) in [6, 6.07) is 8.26. The molecule has 22 heavy (non-hydrogen) atoms. The van der Waals surface area contributed by atoms with Crippen molar-refractivity contribution in [3.05, 3.63) is 34.9 Å². The van der Waals surface area contributed by atoms with E-state index in [0.717, 1.165) is 54.3 Å². The first-order valence-corrected chi connectivity index (χ1v) is 9.59. The first kappa shape index (κ1) is 16.2. The zero-order valence-corrected chi connectivity index (χ0v) is 14.3. The van der Waals surface area contributed by atoms with Gasteiger partial charge < -0.3 is 10.6 Å². The van der Waals surface area contributed by atoms with E-state index >= 15 is 0 Å². The highest BCUT2D eigenvalue weighted by Gasteiger charge is 2.37. The molecule has 0 spiro atoms. The zero-order valence-electron chi connectivity index (χ0n) is 12.7. The molecule has 1 saturated heterocycles. The van der Waals surface area contributed by atoms with Crippen molar-refractivity contribution in [1.82, 2.24) is 10.6 Å². The standard InChI is InChI=1S/C17H23ClN2OS/c18-14-5-3-4-13(10-14)17(6-1-2-7-17)20-16(21)11-15-12-22-9-8-19-15/h3-5,10,15,19H,1-2,6-9,11-12H2,(H,20,21). The monoisotopic (exact) mass is 338 g/mol. The Bertz CT molecular complexity index is 525. The number of rotatable bonds is 4. The Hall–Kier alpha value is -0.710. The summed E-state index contributed by atoms with van der Waals surface area (Å²) in [5.41, 5.74) is 0.931. The van der Waals surface area contributed by atoms with Crippen molar-refractivity contribution in [3.63, 3.8) is 0 Å². The van der Waals surface area contributed by atoms with Gasteiger partial charge >= 0.3 is 0 Å². The molecule has 0 aromatic heterocycles. The molecule has 5 heteroatoms. The number of benzene rings is 1. The Kier molecular flexibility index (Phi) is 5.32. The van der Waals surface area contributed by atoms with Gasteiger partial charge in [-0.15, -0.1) is 0 Å². The van der Waals surface area contributed by atoms with E-state index in [-0.39, 0.29) is 11.4 Å². The average molecular weight is 339 g/mol. The van der Waals surface area contributed by atoms with Gasteiger partial charge in [0.1, 0.15) is 0 Å². The number of hydrogen-bond donors (Lipinski definition) is 2. The number of halogens is 1. The van der Waals surface area contributed by atoms with E-state index in [4.69, 9.17) is 11.6 Å². The number of thioether (sulfide) groups is 1. The van der Waals surface area contributed by atoms with Gasteiger partial charge in [-0.25, -0.2) is 0 Å². The smallest absolute Gasteiger partial charge is 0.222 e. The van der Waals surface area contributed by atoms with Crippen LogP contribution in [0, 0.1) is 0 Å². The fourth-order valence-electron chi connectivity index (χ4n) is 3.54. The van der Waals surface area contributed by atoms with Crippen LogP contribution in [0.1, 0.15) is 37.7 Å². The molecule has 1 amide bonds. The van der Waals surface area contributed by atoms with Crippen molar-refractivity contribution in [2.45, 2.75) is 43.7 Å². The molecule has 2 N–H and O–H groups in total. The Morgan fingerprint density at radius 1 is 1.41 bits per heavy atom. The summed E-state index contributed by atoms with van der Waals surface area (Å²) < 4.78 is 0. The number of carbonyl (C=O) groups excluding carboxylic acids is 1. The normalized spacial score (nSPS) is 24.1. The Labute approximate surface area is 141 Å². The predicted octanol–water partition coefficient (Wildman–Crippen LogP) is 3.32. The lowest BCUT2D eigenvalue weighted by atomic mass is 9.88. The lowest BCUT2D eigenvalue weighted by Crippen LogP contribution is -2.47. The summed E-state index contributed by atoms with van der Waals surface area (Å²) in [4.78, 5) is 12.5. The molecule has 1 atom stereocenters. The van der Waals surface area contributed by atoms with Gasteiger partial charge in [-0.2, -0.15) is 11.8 Å². The van der Waals surface area contributed by atoms with Gasteiger partial charge in [0, 0.05) is 35.5 Å². The van der Waals surface area contributed by atoms with Crippen LogP contribution in [0.25, 0.3) is 0 Å². The van der Waals surface area contributed by atoms with Crippen LogP contribution in [0.5, 0.6) is 0 Å². The van der Waals surface area contributed by atoms with Gasteiger partial charge in [0.2, 0.25) is 5.91 Å². The van der Waals surface area contributed by atoms with Crippen LogP contribution in [-0.4, -0.2) is 30.0 Å². The van der Waals surface area contributed by atoms with Crippen LogP contribution in [-0.2, 0) is 10.3 Å². The summed E-state index contributed by atoms with van der Waals surface area (Å²) in [5.74, 6) is 2.32. The van der Waals surface area contributed by atoms with E-state index in [1.54, 1.807) is 0 Å². The highest BCUT2D eigenvalue weighted by atomic mass is 35.5. The fraction of sp³-hybridized carbons (Fsp3) is 0.588. The quantitative estimate of drug-likeness (QED) is 0.884. The molecular weight excluding hydrogens is 316 g/mol. The first-order valence-electron chi connectivity index (χ1n) is 8.06. The zero-order chi connectivity index (χ0) is 15.4. The maximum absolute atomic E-state index is 12.5. The van der Waals surface area contributed by atoms with Crippen molar-refractivity contribution in [2.75, 3.05) is 18.1 Å². The molecular formula is C17H23ClN2OS. The first-order chi connectivity index (χ1) is 10.7.